The highest BCUT2D eigenvalue weighted by Crippen LogP contribution is 2.31. The minimum absolute atomic E-state index is 0.120. The van der Waals surface area contributed by atoms with E-state index in [4.69, 9.17) is 9.47 Å². The van der Waals surface area contributed by atoms with Gasteiger partial charge in [-0.2, -0.15) is 5.10 Å². The maximum Gasteiger partial charge on any atom is 0.270 e. The summed E-state index contributed by atoms with van der Waals surface area (Å²) in [6, 6.07) is 14.8. The van der Waals surface area contributed by atoms with E-state index in [2.05, 4.69) is 21.0 Å². The summed E-state index contributed by atoms with van der Waals surface area (Å²) in [6.07, 6.45) is 2.31. The van der Waals surface area contributed by atoms with Gasteiger partial charge in [-0.05, 0) is 49.4 Å². The monoisotopic (exact) mass is 535 g/mol. The second-order valence-corrected chi connectivity index (χ2v) is 9.87. The SMILES string of the molecule is CCCNC(=O)C1(CCCOC)CNC(=O)c2c3ccccc3nn2CCNC(=O)COc2cccc(c2)C1. The molecule has 1 atom stereocenters. The highest BCUT2D eigenvalue weighted by molar-refractivity contribution is 6.05. The summed E-state index contributed by atoms with van der Waals surface area (Å²) in [4.78, 5) is 39.9. The minimum atomic E-state index is -0.933. The van der Waals surface area contributed by atoms with Crippen molar-refractivity contribution in [3.05, 3.63) is 59.8 Å². The van der Waals surface area contributed by atoms with Crippen LogP contribution >= 0.6 is 0 Å². The van der Waals surface area contributed by atoms with E-state index in [1.807, 2.05) is 49.4 Å². The van der Waals surface area contributed by atoms with Gasteiger partial charge in [-0.3, -0.25) is 19.1 Å². The summed E-state index contributed by atoms with van der Waals surface area (Å²) in [5.74, 6) is -0.174. The molecule has 10 heteroatoms. The topological polar surface area (TPSA) is 124 Å². The highest BCUT2D eigenvalue weighted by Gasteiger charge is 2.39. The molecule has 10 nitrogen and oxygen atoms in total. The third-order valence-electron chi connectivity index (χ3n) is 6.93. The highest BCUT2D eigenvalue weighted by atomic mass is 16.5. The molecule has 1 unspecified atom stereocenters. The number of fused-ring (bicyclic) bond motifs is 5. The number of nitrogens with zero attached hydrogens (tertiary/aromatic N) is 2. The molecular weight excluding hydrogens is 498 g/mol. The first kappa shape index (κ1) is 28.1. The lowest BCUT2D eigenvalue weighted by atomic mass is 9.76. The van der Waals surface area contributed by atoms with Gasteiger partial charge in [-0.15, -0.1) is 0 Å². The lowest BCUT2D eigenvalue weighted by Gasteiger charge is -2.33. The summed E-state index contributed by atoms with van der Waals surface area (Å²) < 4.78 is 12.7. The first-order valence-corrected chi connectivity index (χ1v) is 13.4. The van der Waals surface area contributed by atoms with E-state index in [-0.39, 0.29) is 37.4 Å². The third-order valence-corrected chi connectivity index (χ3v) is 6.93. The van der Waals surface area contributed by atoms with Gasteiger partial charge in [0.2, 0.25) is 5.91 Å². The molecule has 0 aliphatic carbocycles. The van der Waals surface area contributed by atoms with E-state index in [9.17, 15) is 14.4 Å². The molecule has 2 bridgehead atoms. The largest absolute Gasteiger partial charge is 0.484 e. The van der Waals surface area contributed by atoms with Gasteiger partial charge in [0.15, 0.2) is 6.61 Å². The number of hydrogen-bond acceptors (Lipinski definition) is 6. The van der Waals surface area contributed by atoms with Gasteiger partial charge < -0.3 is 25.4 Å². The Labute approximate surface area is 228 Å². The number of carbonyl (C=O) groups excluding carboxylic acids is 3. The molecule has 3 amide bonds. The van der Waals surface area contributed by atoms with Crippen molar-refractivity contribution in [2.75, 3.05) is 40.0 Å². The normalized spacial score (nSPS) is 18.5. The summed E-state index contributed by atoms with van der Waals surface area (Å²) in [5, 5.41) is 14.3. The lowest BCUT2D eigenvalue weighted by molar-refractivity contribution is -0.131. The molecule has 1 aromatic heterocycles. The van der Waals surface area contributed by atoms with Crippen LogP contribution in [-0.4, -0.2) is 67.5 Å². The number of hydrogen-bond donors (Lipinski definition) is 3. The first-order chi connectivity index (χ1) is 19.0. The van der Waals surface area contributed by atoms with Crippen molar-refractivity contribution in [1.29, 1.82) is 0 Å². The van der Waals surface area contributed by atoms with Crippen LogP contribution in [0.4, 0.5) is 0 Å². The number of nitrogens with one attached hydrogen (secondary N) is 3. The second-order valence-electron chi connectivity index (χ2n) is 9.87. The second kappa shape index (κ2) is 13.2. The smallest absolute Gasteiger partial charge is 0.270 e. The van der Waals surface area contributed by atoms with Gasteiger partial charge in [-0.25, -0.2) is 0 Å². The van der Waals surface area contributed by atoms with Crippen molar-refractivity contribution < 1.29 is 23.9 Å². The fourth-order valence-electron chi connectivity index (χ4n) is 4.95. The Morgan fingerprint density at radius 3 is 2.85 bits per heavy atom. The molecule has 208 valence electrons. The summed E-state index contributed by atoms with van der Waals surface area (Å²) in [7, 11) is 1.63. The quantitative estimate of drug-likeness (QED) is 0.400. The summed E-state index contributed by atoms with van der Waals surface area (Å²) in [5.41, 5.74) is 1.01. The number of benzene rings is 2. The zero-order chi connectivity index (χ0) is 27.7. The summed E-state index contributed by atoms with van der Waals surface area (Å²) >= 11 is 0. The number of ether oxygens (including phenoxy) is 2. The Balaban J connectivity index is 1.75. The molecule has 0 radical (unpaired) electrons. The zero-order valence-corrected chi connectivity index (χ0v) is 22.6. The van der Waals surface area contributed by atoms with E-state index in [1.165, 1.54) is 0 Å². The maximum absolute atomic E-state index is 13.8. The molecular formula is C29H37N5O5. The number of methoxy groups -OCH3 is 1. The fraction of sp³-hybridized carbons (Fsp3) is 0.448. The molecule has 2 aromatic carbocycles. The Morgan fingerprint density at radius 2 is 2.03 bits per heavy atom. The lowest BCUT2D eigenvalue weighted by Crippen LogP contribution is -2.50. The number of rotatable bonds is 7. The van der Waals surface area contributed by atoms with Crippen molar-refractivity contribution in [2.24, 2.45) is 5.41 Å². The van der Waals surface area contributed by atoms with Gasteiger partial charge >= 0.3 is 0 Å². The number of aromatic nitrogens is 2. The van der Waals surface area contributed by atoms with E-state index >= 15 is 0 Å². The van der Waals surface area contributed by atoms with Crippen LogP contribution in [0.2, 0.25) is 0 Å². The van der Waals surface area contributed by atoms with Gasteiger partial charge in [0.1, 0.15) is 11.4 Å². The predicted octanol–water partition coefficient (Wildman–Crippen LogP) is 2.46. The number of amides is 3. The Morgan fingerprint density at radius 1 is 1.18 bits per heavy atom. The molecule has 4 rings (SSSR count). The van der Waals surface area contributed by atoms with E-state index in [1.54, 1.807) is 17.9 Å². The zero-order valence-electron chi connectivity index (χ0n) is 22.6. The maximum atomic E-state index is 13.8. The molecule has 0 saturated heterocycles. The average molecular weight is 536 g/mol. The van der Waals surface area contributed by atoms with Crippen LogP contribution in [0.3, 0.4) is 0 Å². The van der Waals surface area contributed by atoms with Gasteiger partial charge in [0.25, 0.3) is 11.8 Å². The summed E-state index contributed by atoms with van der Waals surface area (Å²) in [6.45, 7) is 3.59. The Bertz CT molecular complexity index is 1310. The van der Waals surface area contributed by atoms with Crippen molar-refractivity contribution in [3.8, 4) is 5.75 Å². The molecule has 0 fully saturated rings. The standard InChI is InChI=1S/C29H37N5O5/c1-3-13-31-28(37)29(12-7-16-38-2)18-21-8-6-9-22(17-21)39-19-25(35)30-14-15-34-26(27(36)32-20-29)23-10-4-5-11-24(23)33-34/h4-6,8-11,17H,3,7,12-16,18-20H2,1-2H3,(H,30,35)(H,31,37)(H,32,36). The van der Waals surface area contributed by atoms with Gasteiger partial charge in [-0.1, -0.05) is 37.3 Å². The molecule has 3 N–H and O–H groups in total. The third kappa shape index (κ3) is 6.94. The van der Waals surface area contributed by atoms with E-state index in [0.717, 1.165) is 12.0 Å². The Kier molecular flexibility index (Phi) is 9.54. The average Bonchev–Trinajstić information content (AvgIpc) is 3.31. The molecule has 1 aliphatic heterocycles. The van der Waals surface area contributed by atoms with Crippen molar-refractivity contribution >= 4 is 28.6 Å². The molecule has 0 saturated carbocycles. The molecule has 3 aromatic rings. The fourth-order valence-corrected chi connectivity index (χ4v) is 4.95. The number of carbonyl (C=O) groups is 3. The van der Waals surface area contributed by atoms with E-state index < -0.39 is 5.41 Å². The van der Waals surface area contributed by atoms with Gasteiger partial charge in [0, 0.05) is 38.7 Å². The van der Waals surface area contributed by atoms with Crippen LogP contribution in [0.5, 0.6) is 5.75 Å². The van der Waals surface area contributed by atoms with Crippen LogP contribution < -0.4 is 20.7 Å². The van der Waals surface area contributed by atoms with Crippen LogP contribution in [0.15, 0.2) is 48.5 Å². The van der Waals surface area contributed by atoms with Crippen LogP contribution in [0.1, 0.15) is 42.2 Å². The Hall–Kier alpha value is -3.92. The van der Waals surface area contributed by atoms with Crippen molar-refractivity contribution in [3.63, 3.8) is 0 Å². The van der Waals surface area contributed by atoms with Crippen LogP contribution in [-0.2, 0) is 27.3 Å². The molecule has 0 spiro atoms. The molecule has 1 aliphatic rings. The van der Waals surface area contributed by atoms with Crippen LogP contribution in [0.25, 0.3) is 10.9 Å². The van der Waals surface area contributed by atoms with Gasteiger partial charge in [0.05, 0.1) is 17.5 Å². The van der Waals surface area contributed by atoms with E-state index in [0.29, 0.717) is 61.3 Å². The van der Waals surface area contributed by atoms with Crippen molar-refractivity contribution in [1.82, 2.24) is 25.7 Å². The first-order valence-electron chi connectivity index (χ1n) is 13.4. The van der Waals surface area contributed by atoms with Crippen molar-refractivity contribution in [2.45, 2.75) is 39.2 Å². The minimum Gasteiger partial charge on any atom is -0.484 e. The molecule has 39 heavy (non-hydrogen) atoms. The molecule has 2 heterocycles. The predicted molar refractivity (Wildman–Crippen MR) is 148 cm³/mol. The van der Waals surface area contributed by atoms with Crippen LogP contribution in [0, 0.1) is 5.41 Å².